The van der Waals surface area contributed by atoms with E-state index in [0.717, 1.165) is 24.5 Å². The van der Waals surface area contributed by atoms with Gasteiger partial charge >= 0.3 is 0 Å². The van der Waals surface area contributed by atoms with Crippen LogP contribution in [0, 0.1) is 5.92 Å². The zero-order valence-corrected chi connectivity index (χ0v) is 12.0. The average Bonchev–Trinajstić information content (AvgIpc) is 2.80. The van der Waals surface area contributed by atoms with Crippen LogP contribution in [0.3, 0.4) is 0 Å². The first-order chi connectivity index (χ1) is 9.35. The minimum atomic E-state index is 0.829. The molecule has 2 bridgehead atoms. The molecule has 3 rings (SSSR count). The van der Waals surface area contributed by atoms with Crippen LogP contribution in [0.4, 0.5) is 5.69 Å². The molecule has 1 N–H and O–H groups in total. The van der Waals surface area contributed by atoms with Gasteiger partial charge in [-0.15, -0.1) is 0 Å². The molecule has 2 saturated heterocycles. The van der Waals surface area contributed by atoms with Crippen molar-refractivity contribution in [3.8, 4) is 0 Å². The first kappa shape index (κ1) is 13.0. The predicted molar refractivity (Wildman–Crippen MR) is 81.6 cm³/mol. The van der Waals surface area contributed by atoms with Gasteiger partial charge in [-0.05, 0) is 57.1 Å². The van der Waals surface area contributed by atoms with Gasteiger partial charge in [-0.2, -0.15) is 0 Å². The first-order valence-corrected chi connectivity index (χ1v) is 7.91. The van der Waals surface area contributed by atoms with Crippen molar-refractivity contribution in [3.05, 3.63) is 30.3 Å². The number of para-hydroxylation sites is 1. The normalized spacial score (nSPS) is 29.4. The summed E-state index contributed by atoms with van der Waals surface area (Å²) < 4.78 is 0. The van der Waals surface area contributed by atoms with Crippen LogP contribution in [0.1, 0.15) is 39.0 Å². The summed E-state index contributed by atoms with van der Waals surface area (Å²) in [4.78, 5) is 2.52. The molecule has 1 aromatic carbocycles. The Kier molecular flexibility index (Phi) is 4.07. The van der Waals surface area contributed by atoms with Crippen LogP contribution < -0.4 is 10.2 Å². The lowest BCUT2D eigenvalue weighted by atomic mass is 9.89. The van der Waals surface area contributed by atoms with E-state index in [1.807, 2.05) is 0 Å². The molecule has 0 spiro atoms. The van der Waals surface area contributed by atoms with Crippen LogP contribution >= 0.6 is 0 Å². The van der Waals surface area contributed by atoms with E-state index < -0.39 is 0 Å². The Morgan fingerprint density at radius 2 is 1.79 bits per heavy atom. The maximum absolute atomic E-state index is 3.74. The highest BCUT2D eigenvalue weighted by atomic mass is 15.1. The Bertz CT molecular complexity index is 378. The Morgan fingerprint density at radius 1 is 1.11 bits per heavy atom. The lowest BCUT2D eigenvalue weighted by Crippen LogP contribution is -2.39. The van der Waals surface area contributed by atoms with Gasteiger partial charge in [-0.25, -0.2) is 0 Å². The highest BCUT2D eigenvalue weighted by Gasteiger charge is 2.33. The van der Waals surface area contributed by atoms with Crippen LogP contribution in [-0.4, -0.2) is 25.2 Å². The van der Waals surface area contributed by atoms with Crippen molar-refractivity contribution in [2.24, 2.45) is 5.92 Å². The molecule has 2 heterocycles. The first-order valence-electron chi connectivity index (χ1n) is 7.91. The molecule has 0 aromatic heterocycles. The number of anilines is 1. The maximum Gasteiger partial charge on any atom is 0.0366 e. The smallest absolute Gasteiger partial charge is 0.0366 e. The van der Waals surface area contributed by atoms with Crippen LogP contribution in [0.25, 0.3) is 0 Å². The zero-order chi connectivity index (χ0) is 13.1. The van der Waals surface area contributed by atoms with Gasteiger partial charge in [-0.1, -0.05) is 18.2 Å². The topological polar surface area (TPSA) is 15.3 Å². The van der Waals surface area contributed by atoms with E-state index in [-0.39, 0.29) is 0 Å². The Balaban J connectivity index is 1.53. The summed E-state index contributed by atoms with van der Waals surface area (Å²) >= 11 is 0. The van der Waals surface area contributed by atoms with Gasteiger partial charge in [0.15, 0.2) is 0 Å². The van der Waals surface area contributed by atoms with E-state index >= 15 is 0 Å². The molecular weight excluding hydrogens is 232 g/mol. The summed E-state index contributed by atoms with van der Waals surface area (Å²) in [5.74, 6) is 0.941. The number of nitrogens with zero attached hydrogens (tertiary/aromatic N) is 1. The standard InChI is InChI=1S/C17H26N2/c1-2-19(17-6-4-3-5-7-17)11-10-14-12-15-8-9-16(13-14)18-15/h3-7,14-16,18H,2,8-13H2,1H3. The van der Waals surface area contributed by atoms with Gasteiger partial charge in [0.1, 0.15) is 0 Å². The fourth-order valence-electron chi connectivity index (χ4n) is 3.86. The molecule has 0 saturated carbocycles. The second-order valence-corrected chi connectivity index (χ2v) is 6.18. The Hall–Kier alpha value is -1.02. The number of benzene rings is 1. The molecule has 104 valence electrons. The molecule has 2 heteroatoms. The van der Waals surface area contributed by atoms with Crippen molar-refractivity contribution >= 4 is 5.69 Å². The summed E-state index contributed by atoms with van der Waals surface area (Å²) in [5.41, 5.74) is 1.38. The highest BCUT2D eigenvalue weighted by molar-refractivity contribution is 5.45. The molecule has 19 heavy (non-hydrogen) atoms. The lowest BCUT2D eigenvalue weighted by Gasteiger charge is -2.31. The van der Waals surface area contributed by atoms with Crippen LogP contribution in [-0.2, 0) is 0 Å². The molecule has 0 aliphatic carbocycles. The SMILES string of the molecule is CCN(CCC1CC2CCC(C1)N2)c1ccccc1. The molecule has 2 nitrogen and oxygen atoms in total. The molecule has 0 radical (unpaired) electrons. The molecule has 2 atom stereocenters. The fraction of sp³-hybridized carbons (Fsp3) is 0.647. The van der Waals surface area contributed by atoms with E-state index in [9.17, 15) is 0 Å². The van der Waals surface area contributed by atoms with Crippen LogP contribution in [0.15, 0.2) is 30.3 Å². The van der Waals surface area contributed by atoms with E-state index in [4.69, 9.17) is 0 Å². The molecular formula is C17H26N2. The van der Waals surface area contributed by atoms with Gasteiger partial charge < -0.3 is 10.2 Å². The summed E-state index contributed by atoms with van der Waals surface area (Å²) in [6, 6.07) is 12.5. The van der Waals surface area contributed by atoms with Gasteiger partial charge in [0, 0.05) is 30.9 Å². The Morgan fingerprint density at radius 3 is 2.42 bits per heavy atom. The van der Waals surface area contributed by atoms with Crippen LogP contribution in [0.5, 0.6) is 0 Å². The summed E-state index contributed by atoms with van der Waals surface area (Å²) in [6.07, 6.45) is 7.00. The van der Waals surface area contributed by atoms with Crippen molar-refractivity contribution in [3.63, 3.8) is 0 Å². The number of hydrogen-bond acceptors (Lipinski definition) is 2. The molecule has 1 aromatic rings. The van der Waals surface area contributed by atoms with Crippen molar-refractivity contribution in [1.82, 2.24) is 5.32 Å². The quantitative estimate of drug-likeness (QED) is 0.870. The minimum Gasteiger partial charge on any atom is -0.372 e. The molecule has 2 fully saturated rings. The lowest BCUT2D eigenvalue weighted by molar-refractivity contribution is 0.287. The Labute approximate surface area is 117 Å². The van der Waals surface area contributed by atoms with Crippen molar-refractivity contribution in [2.45, 2.75) is 51.1 Å². The van der Waals surface area contributed by atoms with Crippen molar-refractivity contribution in [1.29, 1.82) is 0 Å². The third kappa shape index (κ3) is 3.11. The largest absolute Gasteiger partial charge is 0.372 e. The summed E-state index contributed by atoms with van der Waals surface area (Å²) in [6.45, 7) is 4.59. The van der Waals surface area contributed by atoms with E-state index in [1.54, 1.807) is 0 Å². The fourth-order valence-corrected chi connectivity index (χ4v) is 3.86. The van der Waals surface area contributed by atoms with Crippen LogP contribution in [0.2, 0.25) is 0 Å². The van der Waals surface area contributed by atoms with Gasteiger partial charge in [0.2, 0.25) is 0 Å². The van der Waals surface area contributed by atoms with Gasteiger partial charge in [-0.3, -0.25) is 0 Å². The summed E-state index contributed by atoms with van der Waals surface area (Å²) in [5, 5.41) is 3.74. The zero-order valence-electron chi connectivity index (χ0n) is 12.0. The third-order valence-electron chi connectivity index (χ3n) is 4.88. The monoisotopic (exact) mass is 258 g/mol. The molecule has 2 aliphatic heterocycles. The number of hydrogen-bond donors (Lipinski definition) is 1. The van der Waals surface area contributed by atoms with E-state index in [1.165, 1.54) is 44.3 Å². The van der Waals surface area contributed by atoms with E-state index in [2.05, 4.69) is 47.5 Å². The third-order valence-corrected chi connectivity index (χ3v) is 4.88. The van der Waals surface area contributed by atoms with Crippen molar-refractivity contribution < 1.29 is 0 Å². The number of rotatable bonds is 5. The minimum absolute atomic E-state index is 0.829. The molecule has 2 aliphatic rings. The average molecular weight is 258 g/mol. The highest BCUT2D eigenvalue weighted by Crippen LogP contribution is 2.33. The van der Waals surface area contributed by atoms with Gasteiger partial charge in [0.05, 0.1) is 0 Å². The number of nitrogens with one attached hydrogen (secondary N) is 1. The predicted octanol–water partition coefficient (Wildman–Crippen LogP) is 3.43. The molecule has 2 unspecified atom stereocenters. The second-order valence-electron chi connectivity index (χ2n) is 6.18. The second kappa shape index (κ2) is 5.96. The molecule has 0 amide bonds. The van der Waals surface area contributed by atoms with Crippen molar-refractivity contribution in [2.75, 3.05) is 18.0 Å². The van der Waals surface area contributed by atoms with Gasteiger partial charge in [0.25, 0.3) is 0 Å². The maximum atomic E-state index is 3.74. The number of fused-ring (bicyclic) bond motifs is 2. The number of piperidine rings is 1. The summed E-state index contributed by atoms with van der Waals surface area (Å²) in [7, 11) is 0. The van der Waals surface area contributed by atoms with E-state index in [0.29, 0.717) is 0 Å².